The SMILES string of the molecule is O=C(O)C(Cc1cnc[nH]1)NC(=O)C1CCCS1. The van der Waals surface area contributed by atoms with Crippen molar-refractivity contribution in [3.05, 3.63) is 18.2 Å². The van der Waals surface area contributed by atoms with Crippen LogP contribution in [0.25, 0.3) is 0 Å². The van der Waals surface area contributed by atoms with Gasteiger partial charge in [0.2, 0.25) is 5.91 Å². The zero-order valence-corrected chi connectivity index (χ0v) is 10.6. The summed E-state index contributed by atoms with van der Waals surface area (Å²) in [6.45, 7) is 0. The molecular weight excluding hydrogens is 254 g/mol. The van der Waals surface area contributed by atoms with Crippen LogP contribution in [0.5, 0.6) is 0 Å². The molecule has 1 amide bonds. The van der Waals surface area contributed by atoms with Gasteiger partial charge in [-0.1, -0.05) is 0 Å². The van der Waals surface area contributed by atoms with E-state index in [-0.39, 0.29) is 17.6 Å². The van der Waals surface area contributed by atoms with Crippen LogP contribution in [-0.2, 0) is 16.0 Å². The lowest BCUT2D eigenvalue weighted by Gasteiger charge is -2.16. The van der Waals surface area contributed by atoms with Crippen molar-refractivity contribution in [3.8, 4) is 0 Å². The van der Waals surface area contributed by atoms with Crippen LogP contribution in [0.15, 0.2) is 12.5 Å². The Hall–Kier alpha value is -1.50. The average Bonchev–Trinajstić information content (AvgIpc) is 3.00. The van der Waals surface area contributed by atoms with Crippen LogP contribution >= 0.6 is 11.8 Å². The number of aromatic amines is 1. The van der Waals surface area contributed by atoms with Crippen molar-refractivity contribution in [2.45, 2.75) is 30.6 Å². The summed E-state index contributed by atoms with van der Waals surface area (Å²) in [6, 6.07) is -0.904. The highest BCUT2D eigenvalue weighted by Crippen LogP contribution is 2.26. The number of carboxylic acids is 1. The molecule has 18 heavy (non-hydrogen) atoms. The Morgan fingerprint density at radius 2 is 2.50 bits per heavy atom. The molecule has 1 aromatic heterocycles. The lowest BCUT2D eigenvalue weighted by Crippen LogP contribution is -2.45. The molecule has 6 nitrogen and oxygen atoms in total. The van der Waals surface area contributed by atoms with Gasteiger partial charge < -0.3 is 15.4 Å². The lowest BCUT2D eigenvalue weighted by atomic mass is 10.1. The molecule has 2 unspecified atom stereocenters. The number of carbonyl (C=O) groups is 2. The van der Waals surface area contributed by atoms with Crippen molar-refractivity contribution in [1.29, 1.82) is 0 Å². The van der Waals surface area contributed by atoms with Crippen molar-refractivity contribution in [3.63, 3.8) is 0 Å². The molecule has 1 aliphatic rings. The minimum Gasteiger partial charge on any atom is -0.480 e. The average molecular weight is 269 g/mol. The molecule has 0 spiro atoms. The summed E-state index contributed by atoms with van der Waals surface area (Å²) in [4.78, 5) is 29.6. The number of aromatic nitrogens is 2. The predicted molar refractivity (Wildman–Crippen MR) is 67.3 cm³/mol. The van der Waals surface area contributed by atoms with Gasteiger partial charge in [0.1, 0.15) is 6.04 Å². The quantitative estimate of drug-likeness (QED) is 0.720. The van der Waals surface area contributed by atoms with Crippen LogP contribution in [0.4, 0.5) is 0 Å². The van der Waals surface area contributed by atoms with E-state index in [0.717, 1.165) is 18.6 Å². The van der Waals surface area contributed by atoms with Crippen LogP contribution in [-0.4, -0.2) is 44.0 Å². The molecule has 0 bridgehead atoms. The summed E-state index contributed by atoms with van der Waals surface area (Å²) in [7, 11) is 0. The monoisotopic (exact) mass is 269 g/mol. The maximum absolute atomic E-state index is 11.9. The topological polar surface area (TPSA) is 95.1 Å². The third kappa shape index (κ3) is 3.25. The molecule has 1 aromatic rings. The van der Waals surface area contributed by atoms with Gasteiger partial charge in [0.15, 0.2) is 0 Å². The summed E-state index contributed by atoms with van der Waals surface area (Å²) >= 11 is 1.59. The fourth-order valence-corrected chi connectivity index (χ4v) is 3.04. The smallest absolute Gasteiger partial charge is 0.326 e. The van der Waals surface area contributed by atoms with Crippen LogP contribution in [0.2, 0.25) is 0 Å². The second-order valence-corrected chi connectivity index (χ2v) is 5.49. The van der Waals surface area contributed by atoms with E-state index < -0.39 is 12.0 Å². The number of rotatable bonds is 5. The van der Waals surface area contributed by atoms with Gasteiger partial charge in [0.05, 0.1) is 11.6 Å². The highest BCUT2D eigenvalue weighted by molar-refractivity contribution is 8.00. The van der Waals surface area contributed by atoms with Gasteiger partial charge in [-0.05, 0) is 18.6 Å². The van der Waals surface area contributed by atoms with Gasteiger partial charge in [-0.15, -0.1) is 11.8 Å². The van der Waals surface area contributed by atoms with E-state index in [9.17, 15) is 9.59 Å². The second kappa shape index (κ2) is 5.90. The molecule has 2 heterocycles. The maximum Gasteiger partial charge on any atom is 0.326 e. The summed E-state index contributed by atoms with van der Waals surface area (Å²) in [5, 5.41) is 11.6. The molecule has 2 atom stereocenters. The van der Waals surface area contributed by atoms with E-state index in [0.29, 0.717) is 5.69 Å². The molecule has 0 aliphatic carbocycles. The zero-order valence-electron chi connectivity index (χ0n) is 9.76. The largest absolute Gasteiger partial charge is 0.480 e. The van der Waals surface area contributed by atoms with Crippen LogP contribution < -0.4 is 5.32 Å². The van der Waals surface area contributed by atoms with Crippen molar-refractivity contribution in [1.82, 2.24) is 15.3 Å². The summed E-state index contributed by atoms with van der Waals surface area (Å²) in [6.07, 6.45) is 5.11. The number of thioether (sulfide) groups is 1. The van der Waals surface area contributed by atoms with Crippen molar-refractivity contribution < 1.29 is 14.7 Å². The molecule has 3 N–H and O–H groups in total. The molecule has 7 heteroatoms. The number of amides is 1. The van der Waals surface area contributed by atoms with Crippen LogP contribution in [0.3, 0.4) is 0 Å². The summed E-state index contributed by atoms with van der Waals surface area (Å²) in [5.41, 5.74) is 0.696. The Morgan fingerprint density at radius 3 is 3.06 bits per heavy atom. The van der Waals surface area contributed by atoms with Crippen molar-refractivity contribution in [2.24, 2.45) is 0 Å². The number of H-pyrrole nitrogens is 1. The normalized spacial score (nSPS) is 20.6. The second-order valence-electron chi connectivity index (χ2n) is 4.18. The lowest BCUT2D eigenvalue weighted by molar-refractivity contribution is -0.141. The van der Waals surface area contributed by atoms with Crippen LogP contribution in [0, 0.1) is 0 Å². The Labute approximate surface area is 109 Å². The first-order valence-corrected chi connectivity index (χ1v) is 6.83. The number of carbonyl (C=O) groups excluding carboxylic acids is 1. The van der Waals surface area contributed by atoms with Gasteiger partial charge in [0.25, 0.3) is 0 Å². The zero-order chi connectivity index (χ0) is 13.0. The van der Waals surface area contributed by atoms with E-state index in [4.69, 9.17) is 5.11 Å². The molecule has 0 radical (unpaired) electrons. The third-order valence-electron chi connectivity index (χ3n) is 2.82. The number of hydrogen-bond acceptors (Lipinski definition) is 4. The predicted octanol–water partition coefficient (Wildman–Crippen LogP) is 0.417. The van der Waals surface area contributed by atoms with Gasteiger partial charge in [0, 0.05) is 18.3 Å². The number of nitrogens with zero attached hydrogens (tertiary/aromatic N) is 1. The molecule has 0 aromatic carbocycles. The van der Waals surface area contributed by atoms with E-state index in [1.807, 2.05) is 0 Å². The number of nitrogens with one attached hydrogen (secondary N) is 2. The Bertz CT molecular complexity index is 415. The van der Waals surface area contributed by atoms with Gasteiger partial charge in [-0.2, -0.15) is 0 Å². The number of hydrogen-bond donors (Lipinski definition) is 3. The minimum atomic E-state index is -1.03. The highest BCUT2D eigenvalue weighted by Gasteiger charge is 2.28. The molecule has 0 saturated carbocycles. The molecule has 98 valence electrons. The van der Waals surface area contributed by atoms with Gasteiger partial charge >= 0.3 is 5.97 Å². The molecule has 1 fully saturated rings. The fourth-order valence-electron chi connectivity index (χ4n) is 1.87. The molecule has 1 aliphatic heterocycles. The number of carboxylic acid groups (broad SMARTS) is 1. The van der Waals surface area contributed by atoms with E-state index in [1.165, 1.54) is 6.33 Å². The van der Waals surface area contributed by atoms with Gasteiger partial charge in [-0.25, -0.2) is 9.78 Å². The summed E-state index contributed by atoms with van der Waals surface area (Å²) < 4.78 is 0. The van der Waals surface area contributed by atoms with E-state index >= 15 is 0 Å². The standard InChI is InChI=1S/C11H15N3O3S/c15-10(9-2-1-3-18-9)14-8(11(16)17)4-7-5-12-6-13-7/h5-6,8-9H,1-4H2,(H,12,13)(H,14,15)(H,16,17). The fraction of sp³-hybridized carbons (Fsp3) is 0.545. The highest BCUT2D eigenvalue weighted by atomic mass is 32.2. The Balaban J connectivity index is 1.93. The molecule has 1 saturated heterocycles. The van der Waals surface area contributed by atoms with E-state index in [1.54, 1.807) is 18.0 Å². The van der Waals surface area contributed by atoms with Gasteiger partial charge in [-0.3, -0.25) is 4.79 Å². The Morgan fingerprint density at radius 1 is 1.67 bits per heavy atom. The van der Waals surface area contributed by atoms with E-state index in [2.05, 4.69) is 15.3 Å². The molecule has 2 rings (SSSR count). The minimum absolute atomic E-state index is 0.103. The third-order valence-corrected chi connectivity index (χ3v) is 4.19. The first kappa shape index (κ1) is 12.9. The van der Waals surface area contributed by atoms with Crippen molar-refractivity contribution >= 4 is 23.6 Å². The first-order chi connectivity index (χ1) is 8.66. The number of imidazole rings is 1. The maximum atomic E-state index is 11.9. The van der Waals surface area contributed by atoms with Crippen molar-refractivity contribution in [2.75, 3.05) is 5.75 Å². The number of aliphatic carboxylic acids is 1. The molecular formula is C11H15N3O3S. The summed E-state index contributed by atoms with van der Waals surface area (Å²) in [5.74, 6) is -0.235. The first-order valence-electron chi connectivity index (χ1n) is 5.79. The van der Waals surface area contributed by atoms with Crippen LogP contribution in [0.1, 0.15) is 18.5 Å². The Kier molecular flexibility index (Phi) is 4.24.